The second-order valence-corrected chi connectivity index (χ2v) is 11.0. The number of rotatable bonds is 7. The highest BCUT2D eigenvalue weighted by molar-refractivity contribution is 6.01. The molecule has 43 heavy (non-hydrogen) atoms. The molecule has 0 aliphatic carbocycles. The smallest absolute Gasteiger partial charge is 0.410 e. The van der Waals surface area contributed by atoms with Crippen LogP contribution in [0.1, 0.15) is 39.2 Å². The number of halogens is 1. The number of nitrogens with one attached hydrogen (secondary N) is 3. The Morgan fingerprint density at radius 1 is 0.977 bits per heavy atom. The average Bonchev–Trinajstić information content (AvgIpc) is 2.94. The van der Waals surface area contributed by atoms with Gasteiger partial charge in [-0.25, -0.2) is 19.0 Å². The van der Waals surface area contributed by atoms with Crippen molar-refractivity contribution in [3.63, 3.8) is 0 Å². The van der Waals surface area contributed by atoms with Crippen LogP contribution >= 0.6 is 0 Å². The number of carbonyl (C=O) groups is 4. The number of anilines is 2. The lowest BCUT2D eigenvalue weighted by molar-refractivity contribution is -0.121. The number of aromatic nitrogens is 1. The number of nitrogens with zero attached hydrogens (tertiary/aromatic N) is 2. The quantitative estimate of drug-likeness (QED) is 0.330. The van der Waals surface area contributed by atoms with Gasteiger partial charge in [-0.3, -0.25) is 14.9 Å². The van der Waals surface area contributed by atoms with Crippen molar-refractivity contribution in [1.29, 1.82) is 0 Å². The van der Waals surface area contributed by atoms with Crippen LogP contribution in [0.4, 0.5) is 25.5 Å². The van der Waals surface area contributed by atoms with Crippen molar-refractivity contribution in [2.45, 2.75) is 45.6 Å². The van der Waals surface area contributed by atoms with Gasteiger partial charge in [0.1, 0.15) is 17.2 Å². The molecular weight excluding hydrogens is 557 g/mol. The Bertz CT molecular complexity index is 1470. The average molecular weight is 592 g/mol. The molecule has 5 amide bonds. The van der Waals surface area contributed by atoms with Crippen LogP contribution in [0.2, 0.25) is 0 Å². The van der Waals surface area contributed by atoms with E-state index in [-0.39, 0.29) is 41.3 Å². The largest absolute Gasteiger partial charge is 0.454 e. The van der Waals surface area contributed by atoms with Crippen LogP contribution < -0.4 is 20.7 Å². The van der Waals surface area contributed by atoms with E-state index in [1.54, 1.807) is 49.9 Å². The molecule has 1 aliphatic heterocycles. The zero-order valence-corrected chi connectivity index (χ0v) is 24.2. The fourth-order valence-electron chi connectivity index (χ4n) is 4.32. The van der Waals surface area contributed by atoms with E-state index >= 15 is 0 Å². The highest BCUT2D eigenvalue weighted by atomic mass is 19.1. The first-order chi connectivity index (χ1) is 20.4. The fraction of sp³-hybridized carbons (Fsp3) is 0.323. The molecule has 0 atom stereocenters. The zero-order valence-electron chi connectivity index (χ0n) is 24.2. The number of benzene rings is 2. The van der Waals surface area contributed by atoms with Gasteiger partial charge in [0.25, 0.3) is 0 Å². The van der Waals surface area contributed by atoms with Crippen LogP contribution in [-0.2, 0) is 20.7 Å². The van der Waals surface area contributed by atoms with E-state index in [0.29, 0.717) is 25.9 Å². The van der Waals surface area contributed by atoms with Crippen LogP contribution in [0.25, 0.3) is 0 Å². The number of imide groups is 1. The standard InChI is InChI=1S/C31H34FN5O6/c1-31(2,3)43-30(41)37-15-12-21(13-16-37)28(39)35-26-19-23(11-14-33-26)42-25-10-9-22(18-24(25)32)34-29(40)36-27(38)17-20-7-5-4-6-8-20/h4-11,14,18-19,21H,12-13,15-17H2,1-3H3,(H,33,35,39)(H2,34,36,38,40). The molecule has 12 heteroatoms. The van der Waals surface area contributed by atoms with Crippen LogP contribution in [0.3, 0.4) is 0 Å². The summed E-state index contributed by atoms with van der Waals surface area (Å²) < 4.78 is 25.8. The summed E-state index contributed by atoms with van der Waals surface area (Å²) in [5, 5.41) is 7.38. The maximum Gasteiger partial charge on any atom is 0.410 e. The molecule has 1 fully saturated rings. The van der Waals surface area contributed by atoms with Gasteiger partial charge in [-0.1, -0.05) is 30.3 Å². The van der Waals surface area contributed by atoms with Crippen molar-refractivity contribution in [2.24, 2.45) is 5.92 Å². The summed E-state index contributed by atoms with van der Waals surface area (Å²) in [6.07, 6.45) is 2.00. The predicted octanol–water partition coefficient (Wildman–Crippen LogP) is 5.49. The molecule has 1 saturated heterocycles. The van der Waals surface area contributed by atoms with Crippen molar-refractivity contribution in [2.75, 3.05) is 23.7 Å². The highest BCUT2D eigenvalue weighted by Gasteiger charge is 2.30. The number of piperidine rings is 1. The molecule has 2 heterocycles. The topological polar surface area (TPSA) is 139 Å². The normalized spacial score (nSPS) is 13.5. The van der Waals surface area contributed by atoms with Gasteiger partial charge in [-0.2, -0.15) is 0 Å². The summed E-state index contributed by atoms with van der Waals surface area (Å²) in [4.78, 5) is 55.1. The van der Waals surface area contributed by atoms with Gasteiger partial charge in [0.2, 0.25) is 11.8 Å². The summed E-state index contributed by atoms with van der Waals surface area (Å²) in [7, 11) is 0. The summed E-state index contributed by atoms with van der Waals surface area (Å²) in [5.41, 5.74) is 0.280. The fourth-order valence-corrected chi connectivity index (χ4v) is 4.32. The van der Waals surface area contributed by atoms with E-state index in [1.165, 1.54) is 30.5 Å². The van der Waals surface area contributed by atoms with Crippen molar-refractivity contribution >= 4 is 35.4 Å². The summed E-state index contributed by atoms with van der Waals surface area (Å²) in [5.74, 6) is -1.47. The zero-order chi connectivity index (χ0) is 31.0. The van der Waals surface area contributed by atoms with Crippen LogP contribution in [0.5, 0.6) is 11.5 Å². The first kappa shape index (κ1) is 30.9. The van der Waals surface area contributed by atoms with Gasteiger partial charge < -0.3 is 25.0 Å². The molecule has 0 spiro atoms. The molecule has 1 aliphatic rings. The molecule has 3 aromatic rings. The maximum atomic E-state index is 14.8. The summed E-state index contributed by atoms with van der Waals surface area (Å²) in [6, 6.07) is 14.9. The Morgan fingerprint density at radius 3 is 2.37 bits per heavy atom. The maximum absolute atomic E-state index is 14.8. The van der Waals surface area contributed by atoms with Gasteiger partial charge in [0.05, 0.1) is 6.42 Å². The van der Waals surface area contributed by atoms with Crippen LogP contribution in [0, 0.1) is 11.7 Å². The number of urea groups is 1. The summed E-state index contributed by atoms with van der Waals surface area (Å²) in [6.45, 7) is 6.21. The van der Waals surface area contributed by atoms with Crippen molar-refractivity contribution < 1.29 is 33.0 Å². The first-order valence-electron chi connectivity index (χ1n) is 13.8. The number of likely N-dealkylation sites (tertiary alicyclic amines) is 1. The molecule has 0 unspecified atom stereocenters. The molecule has 3 N–H and O–H groups in total. The second kappa shape index (κ2) is 13.8. The summed E-state index contributed by atoms with van der Waals surface area (Å²) >= 11 is 0. The third-order valence-corrected chi connectivity index (χ3v) is 6.38. The molecule has 11 nitrogen and oxygen atoms in total. The van der Waals surface area contributed by atoms with E-state index in [9.17, 15) is 23.6 Å². The van der Waals surface area contributed by atoms with E-state index < -0.39 is 29.4 Å². The number of ether oxygens (including phenoxy) is 2. The lowest BCUT2D eigenvalue weighted by atomic mass is 9.96. The molecule has 0 saturated carbocycles. The van der Waals surface area contributed by atoms with E-state index in [1.807, 2.05) is 6.07 Å². The Balaban J connectivity index is 1.27. The second-order valence-electron chi connectivity index (χ2n) is 11.0. The Morgan fingerprint density at radius 2 is 1.70 bits per heavy atom. The number of pyridine rings is 1. The minimum absolute atomic E-state index is 0.0249. The van der Waals surface area contributed by atoms with Gasteiger partial charge in [0, 0.05) is 43.0 Å². The van der Waals surface area contributed by atoms with Crippen molar-refractivity contribution in [3.8, 4) is 11.5 Å². The van der Waals surface area contributed by atoms with Gasteiger partial charge in [-0.05, 0) is 57.4 Å². The predicted molar refractivity (Wildman–Crippen MR) is 157 cm³/mol. The van der Waals surface area contributed by atoms with E-state index in [4.69, 9.17) is 9.47 Å². The molecule has 1 aromatic heterocycles. The number of hydrogen-bond donors (Lipinski definition) is 3. The SMILES string of the molecule is CC(C)(C)OC(=O)N1CCC(C(=O)Nc2cc(Oc3ccc(NC(=O)NC(=O)Cc4ccccc4)cc3F)ccn2)CC1. The van der Waals surface area contributed by atoms with E-state index in [0.717, 1.165) is 11.6 Å². The monoisotopic (exact) mass is 591 g/mol. The molecule has 0 radical (unpaired) electrons. The van der Waals surface area contributed by atoms with Crippen molar-refractivity contribution in [1.82, 2.24) is 15.2 Å². The molecule has 2 aromatic carbocycles. The van der Waals surface area contributed by atoms with Gasteiger partial charge >= 0.3 is 12.1 Å². The Kier molecular flexibility index (Phi) is 9.91. The van der Waals surface area contributed by atoms with Gasteiger partial charge in [0.15, 0.2) is 11.6 Å². The van der Waals surface area contributed by atoms with Crippen LogP contribution in [-0.4, -0.2) is 52.5 Å². The van der Waals surface area contributed by atoms with E-state index in [2.05, 4.69) is 20.9 Å². The lowest BCUT2D eigenvalue weighted by Crippen LogP contribution is -2.43. The molecule has 4 rings (SSSR count). The Labute approximate surface area is 248 Å². The third-order valence-electron chi connectivity index (χ3n) is 6.38. The Hall–Kier alpha value is -5.00. The minimum atomic E-state index is -0.793. The molecule has 226 valence electrons. The van der Waals surface area contributed by atoms with Crippen LogP contribution in [0.15, 0.2) is 66.9 Å². The minimum Gasteiger partial charge on any atom is -0.454 e. The lowest BCUT2D eigenvalue weighted by Gasteiger charge is -2.32. The number of hydrogen-bond acceptors (Lipinski definition) is 7. The number of amides is 5. The molecular formula is C31H34FN5O6. The molecule has 0 bridgehead atoms. The van der Waals surface area contributed by atoms with Gasteiger partial charge in [-0.15, -0.1) is 0 Å². The number of carbonyl (C=O) groups excluding carboxylic acids is 4. The first-order valence-corrected chi connectivity index (χ1v) is 13.8. The third kappa shape index (κ3) is 9.52. The highest BCUT2D eigenvalue weighted by Crippen LogP contribution is 2.28. The van der Waals surface area contributed by atoms with Crippen molar-refractivity contribution in [3.05, 3.63) is 78.2 Å².